The zero-order chi connectivity index (χ0) is 25.2. The van der Waals surface area contributed by atoms with E-state index in [4.69, 9.17) is 0 Å². The molecule has 4 heterocycles. The van der Waals surface area contributed by atoms with Crippen LogP contribution in [-0.4, -0.2) is 77.3 Å². The molecule has 2 aromatic rings. The van der Waals surface area contributed by atoms with E-state index in [-0.39, 0.29) is 54.0 Å². The summed E-state index contributed by atoms with van der Waals surface area (Å²) in [4.78, 5) is 54.9. The van der Waals surface area contributed by atoms with Crippen molar-refractivity contribution in [3.05, 3.63) is 69.4 Å². The van der Waals surface area contributed by atoms with Gasteiger partial charge in [-0.1, -0.05) is 6.07 Å². The summed E-state index contributed by atoms with van der Waals surface area (Å²) in [5.41, 5.74) is 6.70. The third kappa shape index (κ3) is 4.89. The zero-order valence-electron chi connectivity index (χ0n) is 19.8. The average molecular weight is 497 g/mol. The van der Waals surface area contributed by atoms with E-state index in [1.165, 1.54) is 24.4 Å². The minimum absolute atomic E-state index is 0.000842. The fraction of sp³-hybridized carbons (Fsp3) is 0.440. The molecule has 0 aliphatic carbocycles. The number of benzene rings is 1. The monoisotopic (exact) mass is 496 g/mol. The van der Waals surface area contributed by atoms with Crippen LogP contribution in [-0.2, 0) is 11.2 Å². The largest absolute Gasteiger partial charge is 0.335 e. The van der Waals surface area contributed by atoms with Gasteiger partial charge in [0.05, 0.1) is 17.0 Å². The van der Waals surface area contributed by atoms with Gasteiger partial charge in [-0.15, -0.1) is 0 Å². The number of H-pyrrole nitrogens is 1. The van der Waals surface area contributed by atoms with Crippen molar-refractivity contribution in [2.75, 3.05) is 32.7 Å². The SMILES string of the molecule is O=C1NNC(Cc2ccc(F)c(C(=O)N3CCN(C(=O)c4ccc(=O)[nH]c4)CC3)c2)C2NCCCC12. The minimum atomic E-state index is -0.589. The molecule has 3 unspecified atom stereocenters. The van der Waals surface area contributed by atoms with Crippen molar-refractivity contribution >= 4 is 17.7 Å². The summed E-state index contributed by atoms with van der Waals surface area (Å²) in [5, 5.41) is 3.43. The van der Waals surface area contributed by atoms with Crippen LogP contribution in [0.3, 0.4) is 0 Å². The van der Waals surface area contributed by atoms with Crippen LogP contribution in [0.15, 0.2) is 41.3 Å². The number of nitrogens with one attached hydrogen (secondary N) is 4. The molecule has 1 aromatic carbocycles. The van der Waals surface area contributed by atoms with Gasteiger partial charge in [-0.3, -0.25) is 24.6 Å². The quantitative estimate of drug-likeness (QED) is 0.473. The van der Waals surface area contributed by atoms with Gasteiger partial charge in [-0.25, -0.2) is 9.82 Å². The molecule has 0 saturated carbocycles. The van der Waals surface area contributed by atoms with Gasteiger partial charge in [0, 0.05) is 50.5 Å². The fourth-order valence-corrected chi connectivity index (χ4v) is 5.28. The summed E-state index contributed by atoms with van der Waals surface area (Å²) in [5.74, 6) is -1.36. The molecule has 0 spiro atoms. The van der Waals surface area contributed by atoms with Crippen LogP contribution in [0.25, 0.3) is 0 Å². The molecule has 0 radical (unpaired) electrons. The Balaban J connectivity index is 1.23. The maximum Gasteiger partial charge on any atom is 0.256 e. The van der Waals surface area contributed by atoms with Gasteiger partial charge >= 0.3 is 0 Å². The molecule has 36 heavy (non-hydrogen) atoms. The van der Waals surface area contributed by atoms with Crippen molar-refractivity contribution in [2.45, 2.75) is 31.3 Å². The van der Waals surface area contributed by atoms with Gasteiger partial charge in [0.15, 0.2) is 0 Å². The van der Waals surface area contributed by atoms with E-state index in [0.29, 0.717) is 25.1 Å². The van der Waals surface area contributed by atoms with Gasteiger partial charge in [0.1, 0.15) is 5.82 Å². The van der Waals surface area contributed by atoms with Crippen LogP contribution in [0.5, 0.6) is 0 Å². The number of hydrogen-bond acceptors (Lipinski definition) is 6. The van der Waals surface area contributed by atoms with Gasteiger partial charge in [-0.2, -0.15) is 0 Å². The molecule has 3 saturated heterocycles. The van der Waals surface area contributed by atoms with Crippen molar-refractivity contribution in [3.8, 4) is 0 Å². The smallest absolute Gasteiger partial charge is 0.256 e. The number of aromatic nitrogens is 1. The third-order valence-corrected chi connectivity index (χ3v) is 7.26. The van der Waals surface area contributed by atoms with Gasteiger partial charge in [-0.05, 0) is 49.6 Å². The maximum atomic E-state index is 14.7. The Kier molecular flexibility index (Phi) is 6.84. The van der Waals surface area contributed by atoms with Crippen LogP contribution in [0.2, 0.25) is 0 Å². The zero-order valence-corrected chi connectivity index (χ0v) is 19.8. The summed E-state index contributed by atoms with van der Waals surface area (Å²) in [6.45, 7) is 2.02. The standard InChI is InChI=1S/C25H29FN6O4/c26-19-5-3-15(13-20-22-17(2-1-7-27-22)23(34)30-29-20)12-18(19)25(36)32-10-8-31(9-11-32)24(35)16-4-6-21(33)28-14-16/h3-6,12,14,17,20,22,27,29H,1-2,7-11,13H2,(H,28,33)(H,30,34). The number of fused-ring (bicyclic) bond motifs is 1. The number of nitrogens with zero attached hydrogens (tertiary/aromatic N) is 2. The Hall–Kier alpha value is -3.57. The van der Waals surface area contributed by atoms with Crippen molar-refractivity contribution in [2.24, 2.45) is 5.92 Å². The highest BCUT2D eigenvalue weighted by Gasteiger charge is 2.40. The number of carbonyl (C=O) groups is 3. The second-order valence-electron chi connectivity index (χ2n) is 9.51. The van der Waals surface area contributed by atoms with Gasteiger partial charge < -0.3 is 20.1 Å². The van der Waals surface area contributed by atoms with E-state index in [1.807, 2.05) is 0 Å². The highest BCUT2D eigenvalue weighted by atomic mass is 19.1. The molecule has 0 bridgehead atoms. The molecule has 190 valence electrons. The summed E-state index contributed by atoms with van der Waals surface area (Å²) < 4.78 is 14.7. The first-order valence-electron chi connectivity index (χ1n) is 12.2. The van der Waals surface area contributed by atoms with Gasteiger partial charge in [0.2, 0.25) is 11.5 Å². The molecule has 3 atom stereocenters. The molecule has 4 N–H and O–H groups in total. The number of hydrazine groups is 1. The lowest BCUT2D eigenvalue weighted by Crippen LogP contribution is -2.67. The van der Waals surface area contributed by atoms with E-state index >= 15 is 0 Å². The maximum absolute atomic E-state index is 14.7. The van der Waals surface area contributed by atoms with Crippen molar-refractivity contribution in [3.63, 3.8) is 0 Å². The van der Waals surface area contributed by atoms with Crippen LogP contribution < -0.4 is 21.7 Å². The number of pyridine rings is 1. The second-order valence-corrected chi connectivity index (χ2v) is 9.51. The molecule has 11 heteroatoms. The highest BCUT2D eigenvalue weighted by Crippen LogP contribution is 2.24. The lowest BCUT2D eigenvalue weighted by Gasteiger charge is -2.41. The molecule has 1 aromatic heterocycles. The molecule has 3 fully saturated rings. The summed E-state index contributed by atoms with van der Waals surface area (Å²) in [6.07, 6.45) is 3.67. The lowest BCUT2D eigenvalue weighted by molar-refractivity contribution is -0.131. The van der Waals surface area contributed by atoms with Crippen LogP contribution in [0.1, 0.15) is 39.1 Å². The predicted molar refractivity (Wildman–Crippen MR) is 129 cm³/mol. The van der Waals surface area contributed by atoms with E-state index in [2.05, 4.69) is 21.2 Å². The fourth-order valence-electron chi connectivity index (χ4n) is 5.28. The first-order chi connectivity index (χ1) is 17.4. The molecule has 5 rings (SSSR count). The Morgan fingerprint density at radius 1 is 1.00 bits per heavy atom. The lowest BCUT2D eigenvalue weighted by atomic mass is 9.82. The molecule has 3 aliphatic heterocycles. The number of halogens is 1. The molecule has 10 nitrogen and oxygen atoms in total. The minimum Gasteiger partial charge on any atom is -0.335 e. The van der Waals surface area contributed by atoms with E-state index in [9.17, 15) is 23.6 Å². The van der Waals surface area contributed by atoms with E-state index in [0.717, 1.165) is 24.9 Å². The molecule has 3 aliphatic rings. The normalized spacial score (nSPS) is 24.1. The number of carbonyl (C=O) groups excluding carboxylic acids is 3. The number of amides is 3. The Morgan fingerprint density at radius 2 is 1.75 bits per heavy atom. The van der Waals surface area contributed by atoms with Crippen molar-refractivity contribution in [1.82, 2.24) is 31.0 Å². The first kappa shape index (κ1) is 24.1. The third-order valence-electron chi connectivity index (χ3n) is 7.26. The summed E-state index contributed by atoms with van der Waals surface area (Å²) in [6, 6.07) is 7.23. The Labute approximate surface area is 207 Å². The van der Waals surface area contributed by atoms with Crippen LogP contribution >= 0.6 is 0 Å². The second kappa shape index (κ2) is 10.2. The number of piperidine rings is 1. The van der Waals surface area contributed by atoms with E-state index in [1.54, 1.807) is 21.9 Å². The Morgan fingerprint density at radius 3 is 2.47 bits per heavy atom. The van der Waals surface area contributed by atoms with Gasteiger partial charge in [0.25, 0.3) is 11.8 Å². The highest BCUT2D eigenvalue weighted by molar-refractivity contribution is 5.96. The number of hydrogen-bond donors (Lipinski definition) is 4. The van der Waals surface area contributed by atoms with E-state index < -0.39 is 11.7 Å². The summed E-state index contributed by atoms with van der Waals surface area (Å²) in [7, 11) is 0. The summed E-state index contributed by atoms with van der Waals surface area (Å²) >= 11 is 0. The number of rotatable bonds is 4. The molecule has 3 amide bonds. The predicted octanol–water partition coefficient (Wildman–Crippen LogP) is 0.0259. The van der Waals surface area contributed by atoms with Crippen molar-refractivity contribution in [1.29, 1.82) is 0 Å². The number of piperazine rings is 1. The topological polar surface area (TPSA) is 127 Å². The molecular weight excluding hydrogens is 467 g/mol. The van der Waals surface area contributed by atoms with Crippen LogP contribution in [0.4, 0.5) is 4.39 Å². The number of aromatic amines is 1. The molecular formula is C25H29FN6O4. The first-order valence-corrected chi connectivity index (χ1v) is 12.2. The Bertz CT molecular complexity index is 1200. The average Bonchev–Trinajstić information content (AvgIpc) is 2.91. The van der Waals surface area contributed by atoms with Crippen molar-refractivity contribution < 1.29 is 18.8 Å². The van der Waals surface area contributed by atoms with Crippen LogP contribution in [0, 0.1) is 11.7 Å².